The summed E-state index contributed by atoms with van der Waals surface area (Å²) in [5.74, 6) is 0.0308. The van der Waals surface area contributed by atoms with Crippen molar-refractivity contribution in [2.45, 2.75) is 12.8 Å². The molecule has 0 saturated carbocycles. The number of amides is 1. The Hall–Kier alpha value is -2.53. The summed E-state index contributed by atoms with van der Waals surface area (Å²) in [6.45, 7) is 0.678. The number of imidazole rings is 1. The van der Waals surface area contributed by atoms with Crippen LogP contribution in [-0.2, 0) is 17.6 Å². The van der Waals surface area contributed by atoms with Crippen LogP contribution in [0.3, 0.4) is 0 Å². The summed E-state index contributed by atoms with van der Waals surface area (Å²) in [5, 5.41) is 0.634. The highest BCUT2D eigenvalue weighted by molar-refractivity contribution is 6.31. The molecule has 5 nitrogen and oxygen atoms in total. The maximum atomic E-state index is 12.6. The minimum Gasteiger partial charge on any atom is -0.311 e. The van der Waals surface area contributed by atoms with Gasteiger partial charge in [-0.3, -0.25) is 4.79 Å². The maximum Gasteiger partial charge on any atom is 0.323 e. The van der Waals surface area contributed by atoms with Crippen molar-refractivity contribution in [1.29, 1.82) is 0 Å². The molecule has 0 radical (unpaired) electrons. The Kier molecular flexibility index (Phi) is 3.23. The van der Waals surface area contributed by atoms with Gasteiger partial charge in [-0.05, 0) is 41.8 Å². The summed E-state index contributed by atoms with van der Waals surface area (Å²) < 4.78 is 0. The van der Waals surface area contributed by atoms with Gasteiger partial charge in [-0.1, -0.05) is 23.7 Å². The molecule has 0 fully saturated rings. The zero-order chi connectivity index (χ0) is 16.0. The van der Waals surface area contributed by atoms with Crippen molar-refractivity contribution in [2.24, 2.45) is 0 Å². The third-order valence-corrected chi connectivity index (χ3v) is 4.41. The lowest BCUT2D eigenvalue weighted by Gasteiger charge is -2.17. The fourth-order valence-electron chi connectivity index (χ4n) is 3.07. The molecule has 116 valence electrons. The van der Waals surface area contributed by atoms with Crippen LogP contribution in [0.1, 0.15) is 11.1 Å². The highest BCUT2D eigenvalue weighted by atomic mass is 35.5. The number of aromatic amines is 2. The third-order valence-electron chi connectivity index (χ3n) is 4.18. The first-order chi connectivity index (χ1) is 11.1. The predicted molar refractivity (Wildman–Crippen MR) is 90.1 cm³/mol. The summed E-state index contributed by atoms with van der Waals surface area (Å²) in [7, 11) is 0. The lowest BCUT2D eigenvalue weighted by molar-refractivity contribution is -0.117. The topological polar surface area (TPSA) is 69.0 Å². The molecule has 0 aliphatic carbocycles. The van der Waals surface area contributed by atoms with Crippen LogP contribution in [0.15, 0.2) is 41.2 Å². The van der Waals surface area contributed by atoms with Gasteiger partial charge in [0.2, 0.25) is 5.91 Å². The molecule has 3 aromatic rings. The van der Waals surface area contributed by atoms with Crippen molar-refractivity contribution in [3.8, 4) is 0 Å². The maximum absolute atomic E-state index is 12.6. The number of nitrogens with zero attached hydrogens (tertiary/aromatic N) is 1. The molecule has 0 spiro atoms. The van der Waals surface area contributed by atoms with Crippen LogP contribution < -0.4 is 10.6 Å². The van der Waals surface area contributed by atoms with Crippen LogP contribution in [0.5, 0.6) is 0 Å². The van der Waals surface area contributed by atoms with Crippen LogP contribution in [0.25, 0.3) is 11.0 Å². The molecule has 23 heavy (non-hydrogen) atoms. The summed E-state index contributed by atoms with van der Waals surface area (Å²) in [5.41, 5.74) is 4.13. The number of hydrogen-bond acceptors (Lipinski definition) is 2. The van der Waals surface area contributed by atoms with Gasteiger partial charge in [-0.2, -0.15) is 0 Å². The highest BCUT2D eigenvalue weighted by Crippen LogP contribution is 2.31. The molecular weight excluding hydrogens is 314 g/mol. The SMILES string of the molecule is O=C(Cc1ccc2[nH]c(=O)[nH]c2c1)N1CCc2ccc(Cl)cc21. The second kappa shape index (κ2) is 5.28. The molecular formula is C17H14ClN3O2. The summed E-state index contributed by atoms with van der Waals surface area (Å²) in [6.07, 6.45) is 1.14. The Morgan fingerprint density at radius 2 is 1.96 bits per heavy atom. The molecule has 0 saturated heterocycles. The molecule has 6 heteroatoms. The zero-order valence-corrected chi connectivity index (χ0v) is 13.0. The Balaban J connectivity index is 1.60. The lowest BCUT2D eigenvalue weighted by Crippen LogP contribution is -2.30. The van der Waals surface area contributed by atoms with E-state index in [2.05, 4.69) is 9.97 Å². The molecule has 1 aliphatic heterocycles. The summed E-state index contributed by atoms with van der Waals surface area (Å²) in [4.78, 5) is 31.1. The van der Waals surface area contributed by atoms with Crippen molar-refractivity contribution in [1.82, 2.24) is 9.97 Å². The monoisotopic (exact) mass is 327 g/mol. The van der Waals surface area contributed by atoms with Gasteiger partial charge in [0.25, 0.3) is 0 Å². The molecule has 1 aromatic heterocycles. The highest BCUT2D eigenvalue weighted by Gasteiger charge is 2.24. The normalized spacial score (nSPS) is 13.5. The molecule has 0 bridgehead atoms. The molecule has 0 atom stereocenters. The number of rotatable bonds is 2. The average Bonchev–Trinajstić information content (AvgIpc) is 3.08. The van der Waals surface area contributed by atoms with Crippen molar-refractivity contribution in [2.75, 3.05) is 11.4 Å². The first kappa shape index (κ1) is 14.1. The number of hydrogen-bond donors (Lipinski definition) is 2. The molecule has 4 rings (SSSR count). The number of anilines is 1. The summed E-state index contributed by atoms with van der Waals surface area (Å²) in [6, 6.07) is 11.2. The van der Waals surface area contributed by atoms with Crippen molar-refractivity contribution >= 4 is 34.2 Å². The van der Waals surface area contributed by atoms with Gasteiger partial charge in [0.15, 0.2) is 0 Å². The van der Waals surface area contributed by atoms with Gasteiger partial charge in [-0.15, -0.1) is 0 Å². The number of aromatic nitrogens is 2. The predicted octanol–water partition coefficient (Wildman–Crippen LogP) is 2.64. The number of benzene rings is 2. The Morgan fingerprint density at radius 3 is 2.83 bits per heavy atom. The minimum atomic E-state index is -0.244. The van der Waals surface area contributed by atoms with Crippen LogP contribution in [0, 0.1) is 0 Å². The lowest BCUT2D eigenvalue weighted by atomic mass is 10.1. The third kappa shape index (κ3) is 2.53. The number of carbonyl (C=O) groups excluding carboxylic acids is 1. The van der Waals surface area contributed by atoms with Crippen molar-refractivity contribution < 1.29 is 4.79 Å². The first-order valence-electron chi connectivity index (χ1n) is 7.40. The fraction of sp³-hybridized carbons (Fsp3) is 0.176. The number of halogens is 1. The number of carbonyl (C=O) groups is 1. The largest absolute Gasteiger partial charge is 0.323 e. The Morgan fingerprint density at radius 1 is 1.13 bits per heavy atom. The average molecular weight is 328 g/mol. The van der Waals surface area contributed by atoms with E-state index in [9.17, 15) is 9.59 Å². The molecule has 2 heterocycles. The van der Waals surface area contributed by atoms with E-state index in [1.807, 2.05) is 36.4 Å². The number of nitrogens with one attached hydrogen (secondary N) is 2. The number of H-pyrrole nitrogens is 2. The van der Waals surface area contributed by atoms with Crippen LogP contribution in [-0.4, -0.2) is 22.4 Å². The van der Waals surface area contributed by atoms with E-state index in [1.165, 1.54) is 0 Å². The van der Waals surface area contributed by atoms with E-state index in [4.69, 9.17) is 11.6 Å². The fourth-order valence-corrected chi connectivity index (χ4v) is 3.24. The molecule has 1 amide bonds. The standard InChI is InChI=1S/C17H14ClN3O2/c18-12-3-2-11-5-6-21(15(11)9-12)16(22)8-10-1-4-13-14(7-10)20-17(23)19-13/h1-4,7,9H,5-6,8H2,(H2,19,20,23). The first-order valence-corrected chi connectivity index (χ1v) is 7.78. The van der Waals surface area contributed by atoms with Crippen molar-refractivity contribution in [3.63, 3.8) is 0 Å². The van der Waals surface area contributed by atoms with Crippen LogP contribution in [0.2, 0.25) is 5.02 Å². The second-order valence-corrected chi connectivity index (χ2v) is 6.14. The Bertz CT molecular complexity index is 973. The van der Waals surface area contributed by atoms with E-state index >= 15 is 0 Å². The van der Waals surface area contributed by atoms with Gasteiger partial charge in [0.1, 0.15) is 0 Å². The van der Waals surface area contributed by atoms with E-state index in [-0.39, 0.29) is 18.0 Å². The van der Waals surface area contributed by atoms with Gasteiger partial charge in [0, 0.05) is 17.3 Å². The van der Waals surface area contributed by atoms with Crippen LogP contribution in [0.4, 0.5) is 5.69 Å². The van der Waals surface area contributed by atoms with Gasteiger partial charge < -0.3 is 14.9 Å². The van der Waals surface area contributed by atoms with Gasteiger partial charge >= 0.3 is 5.69 Å². The molecule has 2 N–H and O–H groups in total. The van der Waals surface area contributed by atoms with E-state index in [1.54, 1.807) is 4.90 Å². The Labute approximate surface area is 136 Å². The van der Waals surface area contributed by atoms with Gasteiger partial charge in [-0.25, -0.2) is 4.79 Å². The molecule has 0 unspecified atom stereocenters. The molecule has 2 aromatic carbocycles. The van der Waals surface area contributed by atoms with E-state index < -0.39 is 0 Å². The minimum absolute atomic E-state index is 0.0308. The van der Waals surface area contributed by atoms with Gasteiger partial charge in [0.05, 0.1) is 17.5 Å². The van der Waals surface area contributed by atoms with E-state index in [0.717, 1.165) is 28.8 Å². The number of fused-ring (bicyclic) bond motifs is 2. The smallest absolute Gasteiger partial charge is 0.311 e. The second-order valence-electron chi connectivity index (χ2n) is 5.70. The zero-order valence-electron chi connectivity index (χ0n) is 12.2. The quantitative estimate of drug-likeness (QED) is 0.759. The summed E-state index contributed by atoms with van der Waals surface area (Å²) >= 11 is 6.05. The van der Waals surface area contributed by atoms with E-state index in [0.29, 0.717) is 17.1 Å². The van der Waals surface area contributed by atoms with Crippen molar-refractivity contribution in [3.05, 3.63) is 63.0 Å². The van der Waals surface area contributed by atoms with Crippen LogP contribution >= 0.6 is 11.6 Å². The molecule has 1 aliphatic rings.